The normalized spacial score (nSPS) is 16.8. The first-order valence-electron chi connectivity index (χ1n) is 7.04. The summed E-state index contributed by atoms with van der Waals surface area (Å²) in [5, 5.41) is 3.28. The third-order valence-corrected chi connectivity index (χ3v) is 3.94. The molecule has 3 rings (SSSR count). The average molecular weight is 289 g/mol. The van der Waals surface area contributed by atoms with Gasteiger partial charge in [-0.05, 0) is 61.3 Å². The standard InChI is InChI=1S/C17H17F2NO/c1-20-17-7-2-11-9-14(4-5-15(11)17)21-10-12-8-13(18)3-6-16(12)19/h3-6,8-9,17,20H,2,7,10H2,1H3. The first-order valence-corrected chi connectivity index (χ1v) is 7.04. The van der Waals surface area contributed by atoms with E-state index in [1.54, 1.807) is 0 Å². The van der Waals surface area contributed by atoms with Crippen LogP contribution in [0.3, 0.4) is 0 Å². The molecule has 0 bridgehead atoms. The largest absolute Gasteiger partial charge is 0.489 e. The van der Waals surface area contributed by atoms with E-state index in [0.717, 1.165) is 25.0 Å². The van der Waals surface area contributed by atoms with Gasteiger partial charge in [0.1, 0.15) is 24.0 Å². The Morgan fingerprint density at radius 3 is 2.86 bits per heavy atom. The lowest BCUT2D eigenvalue weighted by molar-refractivity contribution is 0.298. The SMILES string of the molecule is CNC1CCc2cc(OCc3cc(F)ccc3F)ccc21. The molecule has 1 atom stereocenters. The Kier molecular flexibility index (Phi) is 3.88. The molecule has 1 aliphatic rings. The van der Waals surface area contributed by atoms with Crippen molar-refractivity contribution in [2.75, 3.05) is 7.05 Å². The predicted octanol–water partition coefficient (Wildman–Crippen LogP) is 3.75. The van der Waals surface area contributed by atoms with Crippen molar-refractivity contribution in [1.29, 1.82) is 0 Å². The molecule has 1 N–H and O–H groups in total. The summed E-state index contributed by atoms with van der Waals surface area (Å²) in [6.45, 7) is 0.0256. The molecule has 0 aliphatic heterocycles. The lowest BCUT2D eigenvalue weighted by Crippen LogP contribution is -2.12. The van der Waals surface area contributed by atoms with E-state index in [1.165, 1.54) is 17.2 Å². The molecular weight excluding hydrogens is 272 g/mol. The summed E-state index contributed by atoms with van der Waals surface area (Å²) in [5.41, 5.74) is 2.77. The monoisotopic (exact) mass is 289 g/mol. The summed E-state index contributed by atoms with van der Waals surface area (Å²) >= 11 is 0. The molecule has 0 amide bonds. The first-order chi connectivity index (χ1) is 10.2. The van der Waals surface area contributed by atoms with Crippen LogP contribution in [0.5, 0.6) is 5.75 Å². The zero-order valence-corrected chi connectivity index (χ0v) is 11.8. The molecule has 0 heterocycles. The van der Waals surface area contributed by atoms with Gasteiger partial charge in [-0.15, -0.1) is 0 Å². The van der Waals surface area contributed by atoms with Gasteiger partial charge in [-0.1, -0.05) is 6.07 Å². The Balaban J connectivity index is 1.73. The maximum Gasteiger partial charge on any atom is 0.130 e. The number of rotatable bonds is 4. The maximum atomic E-state index is 13.5. The molecule has 21 heavy (non-hydrogen) atoms. The molecule has 4 heteroatoms. The van der Waals surface area contributed by atoms with Crippen molar-refractivity contribution in [3.8, 4) is 5.75 Å². The number of hydrogen-bond donors (Lipinski definition) is 1. The molecule has 0 spiro atoms. The van der Waals surface area contributed by atoms with Crippen LogP contribution in [0.15, 0.2) is 36.4 Å². The highest BCUT2D eigenvalue weighted by Crippen LogP contribution is 2.33. The summed E-state index contributed by atoms with van der Waals surface area (Å²) in [6, 6.07) is 9.70. The highest BCUT2D eigenvalue weighted by Gasteiger charge is 2.21. The minimum atomic E-state index is -0.458. The van der Waals surface area contributed by atoms with E-state index in [9.17, 15) is 8.78 Å². The first kappa shape index (κ1) is 14.0. The molecule has 1 unspecified atom stereocenters. The van der Waals surface area contributed by atoms with Gasteiger partial charge in [0.25, 0.3) is 0 Å². The zero-order valence-electron chi connectivity index (χ0n) is 11.8. The van der Waals surface area contributed by atoms with E-state index in [4.69, 9.17) is 4.74 Å². The molecule has 1 aliphatic carbocycles. The second-order valence-electron chi connectivity index (χ2n) is 5.26. The molecule has 0 fully saturated rings. The number of hydrogen-bond acceptors (Lipinski definition) is 2. The number of halogens is 2. The lowest BCUT2D eigenvalue weighted by atomic mass is 10.1. The number of fused-ring (bicyclic) bond motifs is 1. The van der Waals surface area contributed by atoms with E-state index in [2.05, 4.69) is 5.32 Å². The van der Waals surface area contributed by atoms with E-state index in [0.29, 0.717) is 11.8 Å². The molecule has 110 valence electrons. The van der Waals surface area contributed by atoms with Crippen LogP contribution in [0.1, 0.15) is 29.2 Å². The molecule has 0 saturated carbocycles. The van der Waals surface area contributed by atoms with Crippen molar-refractivity contribution in [3.63, 3.8) is 0 Å². The van der Waals surface area contributed by atoms with E-state index in [1.807, 2.05) is 25.2 Å². The van der Waals surface area contributed by atoms with E-state index in [-0.39, 0.29) is 12.2 Å². The van der Waals surface area contributed by atoms with Gasteiger partial charge in [-0.3, -0.25) is 0 Å². The van der Waals surface area contributed by atoms with Crippen LogP contribution >= 0.6 is 0 Å². The van der Waals surface area contributed by atoms with E-state index >= 15 is 0 Å². The van der Waals surface area contributed by atoms with Crippen molar-refractivity contribution in [2.24, 2.45) is 0 Å². The fourth-order valence-electron chi connectivity index (χ4n) is 2.80. The smallest absolute Gasteiger partial charge is 0.130 e. The van der Waals surface area contributed by atoms with Crippen molar-refractivity contribution in [3.05, 3.63) is 64.7 Å². The predicted molar refractivity (Wildman–Crippen MR) is 77.3 cm³/mol. The Morgan fingerprint density at radius 1 is 1.19 bits per heavy atom. The summed E-state index contributed by atoms with van der Waals surface area (Å²) in [6.07, 6.45) is 2.08. The van der Waals surface area contributed by atoms with Crippen LogP contribution in [0.4, 0.5) is 8.78 Å². The minimum absolute atomic E-state index is 0.0256. The fourth-order valence-corrected chi connectivity index (χ4v) is 2.80. The number of nitrogens with one attached hydrogen (secondary N) is 1. The molecule has 0 radical (unpaired) electrons. The van der Waals surface area contributed by atoms with E-state index < -0.39 is 11.6 Å². The minimum Gasteiger partial charge on any atom is -0.489 e. The Hall–Kier alpha value is -1.94. The highest BCUT2D eigenvalue weighted by molar-refractivity contribution is 5.40. The Labute approximate surface area is 122 Å². The molecule has 2 aromatic carbocycles. The van der Waals surface area contributed by atoms with Crippen LogP contribution in [0, 0.1) is 11.6 Å². The van der Waals surface area contributed by atoms with Gasteiger partial charge < -0.3 is 10.1 Å². The van der Waals surface area contributed by atoms with Crippen LogP contribution in [-0.2, 0) is 13.0 Å². The van der Waals surface area contributed by atoms with Gasteiger partial charge >= 0.3 is 0 Å². The highest BCUT2D eigenvalue weighted by atomic mass is 19.1. The Bertz CT molecular complexity index is 657. The summed E-state index contributed by atoms with van der Waals surface area (Å²) < 4.78 is 32.2. The van der Waals surface area contributed by atoms with Crippen LogP contribution in [-0.4, -0.2) is 7.05 Å². The quantitative estimate of drug-likeness (QED) is 0.925. The summed E-state index contributed by atoms with van der Waals surface area (Å²) in [4.78, 5) is 0. The maximum absolute atomic E-state index is 13.5. The second-order valence-corrected chi connectivity index (χ2v) is 5.26. The van der Waals surface area contributed by atoms with Crippen molar-refractivity contribution in [1.82, 2.24) is 5.32 Å². The molecule has 0 saturated heterocycles. The van der Waals surface area contributed by atoms with Gasteiger partial charge in [-0.2, -0.15) is 0 Å². The van der Waals surface area contributed by atoms with Gasteiger partial charge in [0.05, 0.1) is 0 Å². The summed E-state index contributed by atoms with van der Waals surface area (Å²) in [7, 11) is 1.96. The molecule has 2 nitrogen and oxygen atoms in total. The van der Waals surface area contributed by atoms with Crippen LogP contribution in [0.25, 0.3) is 0 Å². The number of benzene rings is 2. The lowest BCUT2D eigenvalue weighted by Gasteiger charge is -2.12. The number of aryl methyl sites for hydroxylation is 1. The van der Waals surface area contributed by atoms with Gasteiger partial charge in [0.2, 0.25) is 0 Å². The molecule has 2 aromatic rings. The van der Waals surface area contributed by atoms with Crippen molar-refractivity contribution >= 4 is 0 Å². The van der Waals surface area contributed by atoms with Crippen molar-refractivity contribution in [2.45, 2.75) is 25.5 Å². The number of ether oxygens (including phenoxy) is 1. The van der Waals surface area contributed by atoms with Gasteiger partial charge in [0, 0.05) is 11.6 Å². The third-order valence-electron chi connectivity index (χ3n) is 3.94. The van der Waals surface area contributed by atoms with Crippen LogP contribution < -0.4 is 10.1 Å². The van der Waals surface area contributed by atoms with Gasteiger partial charge in [-0.25, -0.2) is 8.78 Å². The Morgan fingerprint density at radius 2 is 2.05 bits per heavy atom. The molecular formula is C17H17F2NO. The third kappa shape index (κ3) is 2.90. The topological polar surface area (TPSA) is 21.3 Å². The van der Waals surface area contributed by atoms with Crippen molar-refractivity contribution < 1.29 is 13.5 Å². The van der Waals surface area contributed by atoms with Crippen LogP contribution in [0.2, 0.25) is 0 Å². The fraction of sp³-hybridized carbons (Fsp3) is 0.294. The second kappa shape index (κ2) is 5.82. The van der Waals surface area contributed by atoms with Gasteiger partial charge in [0.15, 0.2) is 0 Å². The molecule has 0 aromatic heterocycles. The zero-order chi connectivity index (χ0) is 14.8. The average Bonchev–Trinajstić information content (AvgIpc) is 2.90. The summed E-state index contributed by atoms with van der Waals surface area (Å²) in [5.74, 6) is -0.220.